The molecule has 1 rings (SSSR count). The Morgan fingerprint density at radius 1 is 1.46 bits per heavy atom. The predicted octanol–water partition coefficient (Wildman–Crippen LogP) is 2.00. The number of benzene rings is 1. The van der Waals surface area contributed by atoms with E-state index in [2.05, 4.69) is 0 Å². The molecule has 0 aromatic heterocycles. The van der Waals surface area contributed by atoms with Gasteiger partial charge in [0, 0.05) is 12.5 Å². The van der Waals surface area contributed by atoms with E-state index in [1.165, 1.54) is 5.56 Å². The molecule has 0 aliphatic heterocycles. The van der Waals surface area contributed by atoms with Gasteiger partial charge in [-0.3, -0.25) is 0 Å². The highest BCUT2D eigenvalue weighted by Gasteiger charge is 2.00. The van der Waals surface area contributed by atoms with Crippen LogP contribution in [-0.4, -0.2) is 18.3 Å². The van der Waals surface area contributed by atoms with Gasteiger partial charge in [-0.2, -0.15) is 0 Å². The zero-order valence-electron chi connectivity index (χ0n) is 8.16. The predicted molar refractivity (Wildman–Crippen MR) is 52.9 cm³/mol. The summed E-state index contributed by atoms with van der Waals surface area (Å²) in [6, 6.07) is 7.91. The summed E-state index contributed by atoms with van der Waals surface area (Å²) in [4.78, 5) is 0. The van der Waals surface area contributed by atoms with E-state index in [9.17, 15) is 0 Å². The van der Waals surface area contributed by atoms with Crippen LogP contribution in [0.4, 0.5) is 0 Å². The first-order valence-corrected chi connectivity index (χ1v) is 4.52. The summed E-state index contributed by atoms with van der Waals surface area (Å²) in [7, 11) is 0. The first-order valence-electron chi connectivity index (χ1n) is 4.52. The van der Waals surface area contributed by atoms with Gasteiger partial charge in [0.2, 0.25) is 0 Å². The van der Waals surface area contributed by atoms with E-state index in [-0.39, 0.29) is 12.5 Å². The molecule has 1 atom stereocenters. The zero-order chi connectivity index (χ0) is 9.68. The van der Waals surface area contributed by atoms with E-state index in [1.807, 2.05) is 38.1 Å². The highest BCUT2D eigenvalue weighted by atomic mass is 16.5. The lowest BCUT2D eigenvalue weighted by Crippen LogP contribution is -2.12. The highest BCUT2D eigenvalue weighted by Crippen LogP contribution is 2.13. The van der Waals surface area contributed by atoms with Crippen LogP contribution in [-0.2, 0) is 0 Å². The fraction of sp³-hybridized carbons (Fsp3) is 0.455. The Bertz CT molecular complexity index is 258. The second-order valence-electron chi connectivity index (χ2n) is 3.42. The molecule has 0 bridgehead atoms. The number of hydrogen-bond donors (Lipinski definition) is 1. The van der Waals surface area contributed by atoms with Crippen molar-refractivity contribution in [2.24, 2.45) is 5.92 Å². The number of aryl methyl sites for hydroxylation is 1. The summed E-state index contributed by atoms with van der Waals surface area (Å²) in [5.74, 6) is 1.07. The Hall–Kier alpha value is -1.02. The van der Waals surface area contributed by atoms with Gasteiger partial charge in [-0.15, -0.1) is 0 Å². The molecule has 1 unspecified atom stereocenters. The van der Waals surface area contributed by atoms with Crippen molar-refractivity contribution in [2.45, 2.75) is 13.8 Å². The van der Waals surface area contributed by atoms with Crippen LogP contribution < -0.4 is 4.74 Å². The van der Waals surface area contributed by atoms with Crippen LogP contribution in [0, 0.1) is 12.8 Å². The maximum absolute atomic E-state index is 8.79. The number of rotatable bonds is 4. The van der Waals surface area contributed by atoms with Crippen molar-refractivity contribution in [2.75, 3.05) is 13.2 Å². The molecular formula is C11H16O2. The van der Waals surface area contributed by atoms with E-state index >= 15 is 0 Å². The topological polar surface area (TPSA) is 29.5 Å². The summed E-state index contributed by atoms with van der Waals surface area (Å²) < 4.78 is 5.48. The molecule has 0 saturated carbocycles. The van der Waals surface area contributed by atoms with Gasteiger partial charge in [-0.25, -0.2) is 0 Å². The third kappa shape index (κ3) is 3.47. The van der Waals surface area contributed by atoms with Crippen LogP contribution in [0.5, 0.6) is 5.75 Å². The SMILES string of the molecule is Cc1cccc(OCC(C)CO)c1. The second-order valence-corrected chi connectivity index (χ2v) is 3.42. The van der Waals surface area contributed by atoms with Gasteiger partial charge in [-0.05, 0) is 24.6 Å². The molecule has 1 N–H and O–H groups in total. The molecule has 1 aromatic carbocycles. The lowest BCUT2D eigenvalue weighted by atomic mass is 10.2. The molecule has 2 heteroatoms. The highest BCUT2D eigenvalue weighted by molar-refractivity contribution is 5.27. The van der Waals surface area contributed by atoms with Crippen molar-refractivity contribution in [3.05, 3.63) is 29.8 Å². The molecule has 0 fully saturated rings. The quantitative estimate of drug-likeness (QED) is 0.768. The van der Waals surface area contributed by atoms with Crippen LogP contribution in [0.2, 0.25) is 0 Å². The largest absolute Gasteiger partial charge is 0.493 e. The number of aliphatic hydroxyl groups is 1. The fourth-order valence-electron chi connectivity index (χ4n) is 0.996. The average Bonchev–Trinajstić information content (AvgIpc) is 2.14. The Kier molecular flexibility index (Phi) is 3.77. The lowest BCUT2D eigenvalue weighted by Gasteiger charge is -2.10. The van der Waals surface area contributed by atoms with Crippen molar-refractivity contribution < 1.29 is 9.84 Å². The molecule has 0 spiro atoms. The maximum atomic E-state index is 8.79. The van der Waals surface area contributed by atoms with Crippen molar-refractivity contribution >= 4 is 0 Å². The Balaban J connectivity index is 2.45. The average molecular weight is 180 g/mol. The van der Waals surface area contributed by atoms with Crippen LogP contribution in [0.15, 0.2) is 24.3 Å². The summed E-state index contributed by atoms with van der Waals surface area (Å²) in [5, 5.41) is 8.79. The Labute approximate surface area is 79.2 Å². The molecule has 72 valence electrons. The van der Waals surface area contributed by atoms with Crippen molar-refractivity contribution in [1.82, 2.24) is 0 Å². The molecule has 0 aliphatic rings. The van der Waals surface area contributed by atoms with Gasteiger partial charge >= 0.3 is 0 Å². The first-order chi connectivity index (χ1) is 6.22. The van der Waals surface area contributed by atoms with Crippen molar-refractivity contribution in [3.63, 3.8) is 0 Å². The standard InChI is InChI=1S/C11H16O2/c1-9-4-3-5-11(6-9)13-8-10(2)7-12/h3-6,10,12H,7-8H2,1-2H3. The van der Waals surface area contributed by atoms with E-state index < -0.39 is 0 Å². The summed E-state index contributed by atoms with van der Waals surface area (Å²) >= 11 is 0. The molecule has 0 radical (unpaired) electrons. The minimum absolute atomic E-state index is 0.172. The van der Waals surface area contributed by atoms with Gasteiger partial charge in [0.15, 0.2) is 0 Å². The zero-order valence-corrected chi connectivity index (χ0v) is 8.16. The molecule has 0 amide bonds. The smallest absolute Gasteiger partial charge is 0.119 e. The minimum Gasteiger partial charge on any atom is -0.493 e. The van der Waals surface area contributed by atoms with Crippen molar-refractivity contribution in [1.29, 1.82) is 0 Å². The second kappa shape index (κ2) is 4.87. The lowest BCUT2D eigenvalue weighted by molar-refractivity contribution is 0.174. The van der Waals surface area contributed by atoms with Gasteiger partial charge in [-0.1, -0.05) is 19.1 Å². The maximum Gasteiger partial charge on any atom is 0.119 e. The van der Waals surface area contributed by atoms with Gasteiger partial charge in [0.25, 0.3) is 0 Å². The fourth-order valence-corrected chi connectivity index (χ4v) is 0.996. The normalized spacial score (nSPS) is 12.5. The summed E-state index contributed by atoms with van der Waals surface area (Å²) in [5.41, 5.74) is 1.19. The molecular weight excluding hydrogens is 164 g/mol. The molecule has 0 heterocycles. The van der Waals surface area contributed by atoms with Gasteiger partial charge in [0.05, 0.1) is 6.61 Å². The van der Waals surface area contributed by atoms with E-state index in [4.69, 9.17) is 9.84 Å². The number of hydrogen-bond acceptors (Lipinski definition) is 2. The third-order valence-corrected chi connectivity index (χ3v) is 1.84. The monoisotopic (exact) mass is 180 g/mol. The minimum atomic E-state index is 0.172. The molecule has 0 aliphatic carbocycles. The number of ether oxygens (including phenoxy) is 1. The van der Waals surface area contributed by atoms with Crippen LogP contribution in [0.25, 0.3) is 0 Å². The molecule has 13 heavy (non-hydrogen) atoms. The Morgan fingerprint density at radius 3 is 2.85 bits per heavy atom. The van der Waals surface area contributed by atoms with E-state index in [0.29, 0.717) is 6.61 Å². The van der Waals surface area contributed by atoms with Crippen LogP contribution in [0.1, 0.15) is 12.5 Å². The van der Waals surface area contributed by atoms with E-state index in [0.717, 1.165) is 5.75 Å². The first kappa shape index (κ1) is 10.1. The molecule has 2 nitrogen and oxygen atoms in total. The van der Waals surface area contributed by atoms with Gasteiger partial charge < -0.3 is 9.84 Å². The van der Waals surface area contributed by atoms with Gasteiger partial charge in [0.1, 0.15) is 5.75 Å². The molecule has 1 aromatic rings. The summed E-state index contributed by atoms with van der Waals surface area (Å²) in [6.07, 6.45) is 0. The van der Waals surface area contributed by atoms with Crippen molar-refractivity contribution in [3.8, 4) is 5.75 Å². The van der Waals surface area contributed by atoms with Crippen LogP contribution >= 0.6 is 0 Å². The number of aliphatic hydroxyl groups excluding tert-OH is 1. The Morgan fingerprint density at radius 2 is 2.23 bits per heavy atom. The summed E-state index contributed by atoms with van der Waals surface area (Å²) in [6.45, 7) is 4.73. The van der Waals surface area contributed by atoms with E-state index in [1.54, 1.807) is 0 Å². The third-order valence-electron chi connectivity index (χ3n) is 1.84. The van der Waals surface area contributed by atoms with Crippen LogP contribution in [0.3, 0.4) is 0 Å². The molecule has 0 saturated heterocycles.